The summed E-state index contributed by atoms with van der Waals surface area (Å²) in [6, 6.07) is 1.96. The lowest BCUT2D eigenvalue weighted by Gasteiger charge is -1.96. The molecule has 0 aliphatic heterocycles. The van der Waals surface area contributed by atoms with Gasteiger partial charge in [0.1, 0.15) is 5.82 Å². The zero-order valence-corrected chi connectivity index (χ0v) is 10.0. The van der Waals surface area contributed by atoms with Crippen LogP contribution in [-0.4, -0.2) is 9.97 Å². The molecule has 0 bridgehead atoms. The first kappa shape index (κ1) is 9.37. The van der Waals surface area contributed by atoms with Gasteiger partial charge in [0.25, 0.3) is 0 Å². The highest BCUT2D eigenvalue weighted by atomic mass is 79.9. The van der Waals surface area contributed by atoms with Gasteiger partial charge in [0, 0.05) is 6.42 Å². The average molecular weight is 278 g/mol. The van der Waals surface area contributed by atoms with Crippen molar-refractivity contribution in [1.82, 2.24) is 9.97 Å². The normalized spacial score (nSPS) is 11.0. The molecule has 2 nitrogen and oxygen atoms in total. The Morgan fingerprint density at radius 2 is 2.31 bits per heavy atom. The summed E-state index contributed by atoms with van der Waals surface area (Å²) in [6.45, 7) is 2.01. The highest BCUT2D eigenvalue weighted by Gasteiger charge is 2.07. The molecule has 2 heterocycles. The van der Waals surface area contributed by atoms with E-state index in [0.29, 0.717) is 5.15 Å². The summed E-state index contributed by atoms with van der Waals surface area (Å²) in [5.74, 6) is 0.794. The quantitative estimate of drug-likeness (QED) is 0.743. The molecule has 0 amide bonds. The van der Waals surface area contributed by atoms with Crippen molar-refractivity contribution >= 4 is 49.1 Å². The van der Waals surface area contributed by atoms with Gasteiger partial charge in [0.15, 0.2) is 5.15 Å². The highest BCUT2D eigenvalue weighted by Crippen LogP contribution is 2.32. The number of hydrogen-bond donors (Lipinski definition) is 0. The van der Waals surface area contributed by atoms with Gasteiger partial charge in [-0.25, -0.2) is 9.97 Å². The van der Waals surface area contributed by atoms with Gasteiger partial charge in [-0.1, -0.05) is 18.5 Å². The number of aromatic nitrogens is 2. The van der Waals surface area contributed by atoms with Crippen molar-refractivity contribution in [1.29, 1.82) is 0 Å². The van der Waals surface area contributed by atoms with Crippen LogP contribution >= 0.6 is 38.9 Å². The Kier molecular flexibility index (Phi) is 2.53. The zero-order valence-electron chi connectivity index (χ0n) is 6.84. The van der Waals surface area contributed by atoms with E-state index in [9.17, 15) is 0 Å². The van der Waals surface area contributed by atoms with Crippen molar-refractivity contribution in [2.24, 2.45) is 0 Å². The van der Waals surface area contributed by atoms with Crippen LogP contribution in [0.15, 0.2) is 9.85 Å². The molecule has 0 spiro atoms. The van der Waals surface area contributed by atoms with Crippen LogP contribution in [0.4, 0.5) is 0 Å². The molecule has 5 heteroatoms. The van der Waals surface area contributed by atoms with Crippen LogP contribution in [0.2, 0.25) is 5.15 Å². The molecule has 2 aromatic heterocycles. The zero-order chi connectivity index (χ0) is 9.42. The van der Waals surface area contributed by atoms with Crippen molar-refractivity contribution in [2.75, 3.05) is 0 Å². The monoisotopic (exact) mass is 276 g/mol. The summed E-state index contributed by atoms with van der Waals surface area (Å²) in [5, 5.41) is 0.553. The Morgan fingerprint density at radius 1 is 1.54 bits per heavy atom. The van der Waals surface area contributed by atoms with E-state index in [4.69, 9.17) is 11.6 Å². The first-order chi connectivity index (χ1) is 6.20. The lowest BCUT2D eigenvalue weighted by Crippen LogP contribution is -1.91. The molecule has 2 rings (SSSR count). The predicted molar refractivity (Wildman–Crippen MR) is 59.5 cm³/mol. The van der Waals surface area contributed by atoms with E-state index in [1.807, 2.05) is 13.0 Å². The van der Waals surface area contributed by atoms with E-state index in [0.717, 1.165) is 26.2 Å². The molecule has 0 aliphatic rings. The summed E-state index contributed by atoms with van der Waals surface area (Å²) in [6.07, 6.45) is 0.809. The number of aryl methyl sites for hydroxylation is 1. The molecule has 0 saturated carbocycles. The smallest absolute Gasteiger partial charge is 0.150 e. The number of fused-ring (bicyclic) bond motifs is 1. The van der Waals surface area contributed by atoms with E-state index < -0.39 is 0 Å². The Balaban J connectivity index is 2.75. The number of rotatable bonds is 1. The molecule has 0 radical (unpaired) electrons. The molecule has 0 aromatic carbocycles. The van der Waals surface area contributed by atoms with Gasteiger partial charge >= 0.3 is 0 Å². The topological polar surface area (TPSA) is 25.8 Å². The van der Waals surface area contributed by atoms with Crippen molar-refractivity contribution in [3.8, 4) is 0 Å². The number of halogens is 2. The fraction of sp³-hybridized carbons (Fsp3) is 0.250. The second-order valence-electron chi connectivity index (χ2n) is 2.55. The maximum atomic E-state index is 5.99. The summed E-state index contributed by atoms with van der Waals surface area (Å²) >= 11 is 10.9. The van der Waals surface area contributed by atoms with Gasteiger partial charge in [-0.3, -0.25) is 0 Å². The second-order valence-corrected chi connectivity index (χ2v) is 5.34. The van der Waals surface area contributed by atoms with Crippen LogP contribution in [0.3, 0.4) is 0 Å². The average Bonchev–Trinajstić information content (AvgIpc) is 2.46. The second kappa shape index (κ2) is 3.52. The molecule has 13 heavy (non-hydrogen) atoms. The molecular formula is C8H6BrClN2S. The van der Waals surface area contributed by atoms with E-state index in [-0.39, 0.29) is 0 Å². The van der Waals surface area contributed by atoms with E-state index in [2.05, 4.69) is 25.9 Å². The predicted octanol–water partition coefficient (Wildman–Crippen LogP) is 3.67. The number of hydrogen-bond acceptors (Lipinski definition) is 3. The molecule has 2 aromatic rings. The van der Waals surface area contributed by atoms with Gasteiger partial charge in [0.05, 0.1) is 14.0 Å². The van der Waals surface area contributed by atoms with E-state index >= 15 is 0 Å². The van der Waals surface area contributed by atoms with Crippen molar-refractivity contribution in [2.45, 2.75) is 13.3 Å². The molecule has 68 valence electrons. The van der Waals surface area contributed by atoms with Crippen molar-refractivity contribution in [3.05, 3.63) is 20.8 Å². The van der Waals surface area contributed by atoms with Gasteiger partial charge in [-0.15, -0.1) is 11.3 Å². The van der Waals surface area contributed by atoms with Crippen molar-refractivity contribution < 1.29 is 0 Å². The van der Waals surface area contributed by atoms with Gasteiger partial charge in [-0.05, 0) is 22.0 Å². The summed E-state index contributed by atoms with van der Waals surface area (Å²) in [4.78, 5) is 8.54. The molecule has 0 fully saturated rings. The lowest BCUT2D eigenvalue weighted by molar-refractivity contribution is 0.963. The third-order valence-electron chi connectivity index (χ3n) is 1.66. The standard InChI is InChI=1S/C8H6BrClN2S/c1-2-6-11-4-3-5(9)13-7(4)8(10)12-6/h3H,2H2,1H3. The fourth-order valence-corrected chi connectivity index (χ4v) is 2.79. The summed E-state index contributed by atoms with van der Waals surface area (Å²) in [5.41, 5.74) is 0.925. The Labute approximate surface area is 93.1 Å². The summed E-state index contributed by atoms with van der Waals surface area (Å²) < 4.78 is 1.98. The highest BCUT2D eigenvalue weighted by molar-refractivity contribution is 9.11. The first-order valence-electron chi connectivity index (χ1n) is 3.82. The van der Waals surface area contributed by atoms with Crippen LogP contribution in [-0.2, 0) is 6.42 Å². The number of nitrogens with zero attached hydrogens (tertiary/aromatic N) is 2. The minimum absolute atomic E-state index is 0.553. The van der Waals surface area contributed by atoms with Crippen molar-refractivity contribution in [3.63, 3.8) is 0 Å². The molecule has 0 saturated heterocycles. The van der Waals surface area contributed by atoms with E-state index in [1.165, 1.54) is 0 Å². The molecular weight excluding hydrogens is 272 g/mol. The minimum atomic E-state index is 0.553. The fourth-order valence-electron chi connectivity index (χ4n) is 1.07. The largest absolute Gasteiger partial charge is 0.232 e. The third kappa shape index (κ3) is 1.71. The lowest BCUT2D eigenvalue weighted by atomic mass is 10.4. The molecule has 0 unspecified atom stereocenters. The SMILES string of the molecule is CCc1nc(Cl)c2sc(Br)cc2n1. The van der Waals surface area contributed by atoms with Crippen LogP contribution in [0.25, 0.3) is 10.2 Å². The van der Waals surface area contributed by atoms with Crippen LogP contribution in [0.1, 0.15) is 12.7 Å². The Morgan fingerprint density at radius 3 is 3.00 bits per heavy atom. The van der Waals surface area contributed by atoms with Gasteiger partial charge < -0.3 is 0 Å². The van der Waals surface area contributed by atoms with Gasteiger partial charge in [-0.2, -0.15) is 0 Å². The van der Waals surface area contributed by atoms with Crippen LogP contribution < -0.4 is 0 Å². The third-order valence-corrected chi connectivity index (χ3v) is 3.68. The molecule has 0 N–H and O–H groups in total. The minimum Gasteiger partial charge on any atom is -0.232 e. The number of thiophene rings is 1. The van der Waals surface area contributed by atoms with E-state index in [1.54, 1.807) is 11.3 Å². The Bertz CT molecular complexity index is 455. The maximum absolute atomic E-state index is 5.99. The molecule has 0 atom stereocenters. The first-order valence-corrected chi connectivity index (χ1v) is 5.81. The van der Waals surface area contributed by atoms with Crippen LogP contribution in [0.5, 0.6) is 0 Å². The van der Waals surface area contributed by atoms with Crippen LogP contribution in [0, 0.1) is 0 Å². The maximum Gasteiger partial charge on any atom is 0.150 e. The Hall–Kier alpha value is -0.190. The molecule has 0 aliphatic carbocycles. The summed E-state index contributed by atoms with van der Waals surface area (Å²) in [7, 11) is 0. The van der Waals surface area contributed by atoms with Gasteiger partial charge in [0.2, 0.25) is 0 Å².